The van der Waals surface area contributed by atoms with Crippen molar-refractivity contribution in [1.29, 1.82) is 0 Å². The predicted octanol–water partition coefficient (Wildman–Crippen LogP) is 7.34. The van der Waals surface area contributed by atoms with Gasteiger partial charge in [-0.1, -0.05) is 75.6 Å². The second-order valence-corrected chi connectivity index (χ2v) is 21.3. The number of hydrogen-bond donors (Lipinski definition) is 6. The van der Waals surface area contributed by atoms with Crippen LogP contribution in [0.25, 0.3) is 10.6 Å². The van der Waals surface area contributed by atoms with Gasteiger partial charge >= 0.3 is 0 Å². The van der Waals surface area contributed by atoms with E-state index in [-0.39, 0.29) is 42.1 Å². The molecule has 0 unspecified atom stereocenters. The summed E-state index contributed by atoms with van der Waals surface area (Å²) >= 11 is 1.54. The molecule has 18 nitrogen and oxygen atoms in total. The van der Waals surface area contributed by atoms with Gasteiger partial charge < -0.3 is 55.7 Å². The van der Waals surface area contributed by atoms with Crippen molar-refractivity contribution in [2.24, 2.45) is 11.8 Å². The number of nitrogens with one attached hydrogen (secondary N) is 6. The van der Waals surface area contributed by atoms with E-state index in [4.69, 9.17) is 23.9 Å². The van der Waals surface area contributed by atoms with E-state index in [0.717, 1.165) is 85.6 Å². The van der Waals surface area contributed by atoms with Gasteiger partial charge in [0.2, 0.25) is 23.7 Å². The number of ether oxygens (including phenoxy) is 4. The molecule has 412 valence electrons. The molecule has 77 heavy (non-hydrogen) atoms. The average Bonchev–Trinajstić information content (AvgIpc) is 4.12. The molecule has 3 aliphatic rings. The molecular weight excluding hydrogens is 997 g/mol. The van der Waals surface area contributed by atoms with Gasteiger partial charge in [0.15, 0.2) is 0 Å². The lowest BCUT2D eigenvalue weighted by Gasteiger charge is -2.35. The maximum Gasteiger partial charge on any atom is 0.251 e. The molecule has 0 spiro atoms. The first-order valence-corrected chi connectivity index (χ1v) is 28.2. The standard InChI is InChI=1S/C58H76N10O8S/c1-38(2)34-62-51-24-25-61-58(66-51)63-35-44-37-77-56(64-44)43-22-20-42(21-23-43)54(70)60-26-27-73-28-29-74-30-31-75-45-16-11-17-46(32-45)76-47-33-50(55(71)65-49-19-10-15-40-12-8-9-18-48(40)49)68(36-47)57(72)52(41-13-6-5-7-14-41)67-53(69)39(3)59-4/h8-9,11-12,16-18,20-25,32,37-39,41,47,49-50,52,59H,5-7,10,13-15,19,26-31,33-36H2,1-4H3,(H,60,70)(H,65,71)(H,67,69)(H2,61,62,63,66)/t39-,47-,49+,50-,52-/m0/s1. The van der Waals surface area contributed by atoms with Crippen molar-refractivity contribution in [3.63, 3.8) is 0 Å². The lowest BCUT2D eigenvalue weighted by molar-refractivity contribution is -0.143. The van der Waals surface area contributed by atoms with Crippen LogP contribution in [-0.2, 0) is 36.8 Å². The maximum atomic E-state index is 14.8. The Kier molecular flexibility index (Phi) is 21.0. The van der Waals surface area contributed by atoms with Crippen LogP contribution in [0.2, 0.25) is 0 Å². The number of amides is 4. The predicted molar refractivity (Wildman–Crippen MR) is 298 cm³/mol. The molecule has 5 atom stereocenters. The molecule has 3 aromatic carbocycles. The minimum absolute atomic E-state index is 0.0241. The maximum absolute atomic E-state index is 14.8. The van der Waals surface area contributed by atoms with Crippen molar-refractivity contribution in [2.75, 3.05) is 70.3 Å². The molecule has 3 heterocycles. The SMILES string of the molecule is CN[C@@H](C)C(=O)N[C@H](C(=O)N1C[C@@H](Oc2cccc(OCCOCCOCCNC(=O)c3ccc(-c4nc(CNc5nccc(NCC(C)C)n5)cs4)cc3)c2)C[C@H]1C(=O)N[C@@H]1CCCc2ccccc21)C1CCCCC1. The third-order valence-corrected chi connectivity index (χ3v) is 15.2. The number of anilines is 2. The van der Waals surface area contributed by atoms with Crippen molar-refractivity contribution in [3.8, 4) is 22.1 Å². The Morgan fingerprint density at radius 1 is 0.818 bits per heavy atom. The van der Waals surface area contributed by atoms with E-state index in [1.807, 2.05) is 53.9 Å². The molecular formula is C58H76N10O8S. The number of nitrogens with zero attached hydrogens (tertiary/aromatic N) is 4. The molecule has 0 bridgehead atoms. The Morgan fingerprint density at radius 3 is 2.40 bits per heavy atom. The zero-order valence-electron chi connectivity index (χ0n) is 44.9. The van der Waals surface area contributed by atoms with Crippen LogP contribution < -0.4 is 41.4 Å². The largest absolute Gasteiger partial charge is 0.491 e. The van der Waals surface area contributed by atoms with Crippen molar-refractivity contribution >= 4 is 46.7 Å². The highest BCUT2D eigenvalue weighted by atomic mass is 32.1. The minimum Gasteiger partial charge on any atom is -0.491 e. The number of hydrogen-bond acceptors (Lipinski definition) is 15. The second kappa shape index (κ2) is 28.6. The first-order valence-electron chi connectivity index (χ1n) is 27.4. The fourth-order valence-electron chi connectivity index (χ4n) is 10.00. The van der Waals surface area contributed by atoms with E-state index < -0.39 is 24.2 Å². The fourth-order valence-corrected chi connectivity index (χ4v) is 10.8. The van der Waals surface area contributed by atoms with Crippen LogP contribution in [0.1, 0.15) is 105 Å². The molecule has 1 saturated heterocycles. The number of carbonyl (C=O) groups excluding carboxylic acids is 4. The zero-order valence-corrected chi connectivity index (χ0v) is 45.7. The summed E-state index contributed by atoms with van der Waals surface area (Å²) in [5.41, 5.74) is 4.69. The normalized spacial score (nSPS) is 18.2. The lowest BCUT2D eigenvalue weighted by Crippen LogP contribution is -2.58. The number of aryl methyl sites for hydroxylation is 1. The molecule has 2 fully saturated rings. The van der Waals surface area contributed by atoms with E-state index in [0.29, 0.717) is 81.5 Å². The Hall–Kier alpha value is -6.67. The highest BCUT2D eigenvalue weighted by molar-refractivity contribution is 7.13. The summed E-state index contributed by atoms with van der Waals surface area (Å²) in [4.78, 5) is 70.6. The van der Waals surface area contributed by atoms with Crippen LogP contribution in [0.4, 0.5) is 11.8 Å². The number of likely N-dealkylation sites (tertiary alicyclic amines) is 1. The Morgan fingerprint density at radius 2 is 1.60 bits per heavy atom. The van der Waals surface area contributed by atoms with Crippen LogP contribution in [0, 0.1) is 11.8 Å². The fraction of sp³-hybridized carbons (Fsp3) is 0.500. The molecule has 0 radical (unpaired) electrons. The molecule has 4 amide bonds. The third kappa shape index (κ3) is 16.4. The van der Waals surface area contributed by atoms with E-state index in [2.05, 4.69) is 67.8 Å². The molecule has 2 aromatic heterocycles. The topological polar surface area (TPSA) is 219 Å². The van der Waals surface area contributed by atoms with Crippen LogP contribution in [0.15, 0.2) is 90.4 Å². The number of aromatic nitrogens is 3. The van der Waals surface area contributed by atoms with Gasteiger partial charge in [-0.05, 0) is 99.4 Å². The molecule has 8 rings (SSSR count). The molecule has 1 aliphatic heterocycles. The Labute approximate surface area is 456 Å². The molecule has 2 aliphatic carbocycles. The Bertz CT molecular complexity index is 2700. The van der Waals surface area contributed by atoms with Crippen LogP contribution in [0.3, 0.4) is 0 Å². The Balaban J connectivity index is 0.749. The van der Waals surface area contributed by atoms with Gasteiger partial charge in [0.05, 0.1) is 57.3 Å². The first-order chi connectivity index (χ1) is 37.5. The van der Waals surface area contributed by atoms with Crippen molar-refractivity contribution in [3.05, 3.63) is 113 Å². The highest BCUT2D eigenvalue weighted by Gasteiger charge is 2.45. The monoisotopic (exact) mass is 1070 g/mol. The van der Waals surface area contributed by atoms with E-state index in [1.165, 1.54) is 16.9 Å². The highest BCUT2D eigenvalue weighted by Crippen LogP contribution is 2.34. The van der Waals surface area contributed by atoms with Gasteiger partial charge in [0.1, 0.15) is 47.1 Å². The van der Waals surface area contributed by atoms with Crippen molar-refractivity contribution in [1.82, 2.24) is 41.1 Å². The summed E-state index contributed by atoms with van der Waals surface area (Å²) in [5, 5.41) is 21.7. The number of carbonyl (C=O) groups is 4. The number of rotatable bonds is 27. The van der Waals surface area contributed by atoms with E-state index >= 15 is 0 Å². The second-order valence-electron chi connectivity index (χ2n) is 20.4. The molecule has 5 aromatic rings. The van der Waals surface area contributed by atoms with Gasteiger partial charge in [-0.25, -0.2) is 9.97 Å². The lowest BCUT2D eigenvalue weighted by atomic mass is 9.83. The van der Waals surface area contributed by atoms with E-state index in [1.54, 1.807) is 43.3 Å². The zero-order chi connectivity index (χ0) is 53.9. The summed E-state index contributed by atoms with van der Waals surface area (Å²) in [7, 11) is 1.72. The summed E-state index contributed by atoms with van der Waals surface area (Å²) in [6.45, 7) is 9.58. The van der Waals surface area contributed by atoms with Gasteiger partial charge in [0, 0.05) is 48.3 Å². The summed E-state index contributed by atoms with van der Waals surface area (Å²) in [6, 6.07) is 22.6. The third-order valence-electron chi connectivity index (χ3n) is 14.3. The number of likely N-dealkylation sites (N-methyl/N-ethyl adjacent to an activating group) is 1. The van der Waals surface area contributed by atoms with E-state index in [9.17, 15) is 19.2 Å². The van der Waals surface area contributed by atoms with Gasteiger partial charge in [0.25, 0.3) is 5.91 Å². The summed E-state index contributed by atoms with van der Waals surface area (Å²) < 4.78 is 24.0. The number of fused-ring (bicyclic) bond motifs is 1. The smallest absolute Gasteiger partial charge is 0.251 e. The quantitative estimate of drug-likeness (QED) is 0.0284. The first kappa shape index (κ1) is 56.5. The number of thiazole rings is 1. The van der Waals surface area contributed by atoms with Crippen LogP contribution in [0.5, 0.6) is 11.5 Å². The van der Waals surface area contributed by atoms with Crippen LogP contribution >= 0.6 is 11.3 Å². The van der Waals surface area contributed by atoms with Gasteiger partial charge in [-0.3, -0.25) is 19.2 Å². The molecule has 6 N–H and O–H groups in total. The van der Waals surface area contributed by atoms with Gasteiger partial charge in [-0.15, -0.1) is 11.3 Å². The average molecular weight is 1070 g/mol. The van der Waals surface area contributed by atoms with Crippen molar-refractivity contribution < 1.29 is 38.1 Å². The van der Waals surface area contributed by atoms with Crippen LogP contribution in [-0.4, -0.2) is 127 Å². The minimum atomic E-state index is -0.780. The number of benzene rings is 3. The van der Waals surface area contributed by atoms with Gasteiger partial charge in [-0.2, -0.15) is 4.98 Å². The molecule has 19 heteroatoms. The van der Waals surface area contributed by atoms with Crippen molar-refractivity contribution in [2.45, 2.75) is 115 Å². The summed E-state index contributed by atoms with van der Waals surface area (Å²) in [6.07, 6.45) is 9.04. The molecule has 1 saturated carbocycles. The summed E-state index contributed by atoms with van der Waals surface area (Å²) in [5.74, 6) is 2.05.